The average Bonchev–Trinajstić information content (AvgIpc) is 2.74. The van der Waals surface area contributed by atoms with Crippen LogP contribution in [-0.4, -0.2) is 37.1 Å². The zero-order chi connectivity index (χ0) is 11.7. The number of nitrogens with one attached hydrogen (secondary N) is 1. The number of nitrogens with zero attached hydrogens (tertiary/aromatic N) is 2. The molecule has 1 heterocycles. The lowest BCUT2D eigenvalue weighted by atomic mass is 10.1. The van der Waals surface area contributed by atoms with Crippen molar-refractivity contribution in [1.29, 1.82) is 0 Å². The molecular formula is C11H13N3O2. The van der Waals surface area contributed by atoms with E-state index in [1.165, 1.54) is 7.11 Å². The Hall–Kier alpha value is -2.04. The van der Waals surface area contributed by atoms with E-state index in [1.54, 1.807) is 6.33 Å². The number of aromatic nitrogens is 2. The number of imidazole rings is 1. The van der Waals surface area contributed by atoms with Crippen LogP contribution in [0.5, 0.6) is 0 Å². The standard InChI is InChI=1S/C11H13N3O2/c1-14(2)8-5-4-7-10(13-6-12-7)9(8)11(15)16-3/h4-6H,1-3H3,(H,12,13). The van der Waals surface area contributed by atoms with E-state index in [2.05, 4.69) is 9.97 Å². The van der Waals surface area contributed by atoms with Gasteiger partial charge in [-0.15, -0.1) is 0 Å². The molecule has 0 atom stereocenters. The van der Waals surface area contributed by atoms with Crippen LogP contribution < -0.4 is 4.90 Å². The molecule has 1 aromatic heterocycles. The minimum Gasteiger partial charge on any atom is -0.465 e. The number of fused-ring (bicyclic) bond motifs is 1. The predicted octanol–water partition coefficient (Wildman–Crippen LogP) is 1.42. The van der Waals surface area contributed by atoms with Crippen LogP contribution >= 0.6 is 0 Å². The summed E-state index contributed by atoms with van der Waals surface area (Å²) in [6.07, 6.45) is 1.57. The molecule has 0 bridgehead atoms. The lowest BCUT2D eigenvalue weighted by molar-refractivity contribution is 0.0603. The smallest absolute Gasteiger partial charge is 0.342 e. The zero-order valence-corrected chi connectivity index (χ0v) is 9.44. The first-order chi connectivity index (χ1) is 7.65. The van der Waals surface area contributed by atoms with Gasteiger partial charge in [-0.2, -0.15) is 0 Å². The van der Waals surface area contributed by atoms with E-state index < -0.39 is 0 Å². The number of H-pyrrole nitrogens is 1. The fraction of sp³-hybridized carbons (Fsp3) is 0.273. The van der Waals surface area contributed by atoms with E-state index in [0.29, 0.717) is 11.1 Å². The topological polar surface area (TPSA) is 58.2 Å². The van der Waals surface area contributed by atoms with Crippen molar-refractivity contribution in [3.8, 4) is 0 Å². The Bertz CT molecular complexity index is 531. The summed E-state index contributed by atoms with van der Waals surface area (Å²) in [7, 11) is 5.12. The van der Waals surface area contributed by atoms with E-state index >= 15 is 0 Å². The van der Waals surface area contributed by atoms with Gasteiger partial charge in [-0.3, -0.25) is 0 Å². The monoisotopic (exact) mass is 219 g/mol. The van der Waals surface area contributed by atoms with Crippen LogP contribution in [0, 0.1) is 0 Å². The van der Waals surface area contributed by atoms with Gasteiger partial charge in [0.1, 0.15) is 11.1 Å². The van der Waals surface area contributed by atoms with Gasteiger partial charge in [0.2, 0.25) is 0 Å². The van der Waals surface area contributed by atoms with E-state index in [0.717, 1.165) is 11.2 Å². The molecule has 0 saturated carbocycles. The molecule has 2 rings (SSSR count). The van der Waals surface area contributed by atoms with E-state index in [1.807, 2.05) is 31.1 Å². The van der Waals surface area contributed by atoms with Crippen molar-refractivity contribution >= 4 is 22.7 Å². The molecule has 0 spiro atoms. The number of hydrogen-bond donors (Lipinski definition) is 1. The molecule has 84 valence electrons. The van der Waals surface area contributed by atoms with Gasteiger partial charge < -0.3 is 14.6 Å². The molecule has 0 aliphatic rings. The van der Waals surface area contributed by atoms with Gasteiger partial charge in [-0.05, 0) is 12.1 Å². The van der Waals surface area contributed by atoms with Crippen LogP contribution in [0.2, 0.25) is 0 Å². The number of carbonyl (C=O) groups excluding carboxylic acids is 1. The summed E-state index contributed by atoms with van der Waals surface area (Å²) in [5.41, 5.74) is 2.75. The SMILES string of the molecule is COC(=O)c1c(N(C)C)ccc2[nH]cnc12. The molecule has 0 radical (unpaired) electrons. The molecule has 0 aliphatic heterocycles. The number of carbonyl (C=O) groups is 1. The molecule has 2 aromatic rings. The third-order valence-corrected chi connectivity index (χ3v) is 2.44. The first kappa shape index (κ1) is 10.5. The summed E-state index contributed by atoms with van der Waals surface area (Å²) in [6, 6.07) is 3.76. The Labute approximate surface area is 93.0 Å². The van der Waals surface area contributed by atoms with Gasteiger partial charge in [0, 0.05) is 14.1 Å². The minimum atomic E-state index is -0.374. The maximum Gasteiger partial charge on any atom is 0.342 e. The third-order valence-electron chi connectivity index (χ3n) is 2.44. The first-order valence-corrected chi connectivity index (χ1v) is 4.87. The molecule has 0 aliphatic carbocycles. The van der Waals surface area contributed by atoms with Crippen molar-refractivity contribution in [2.75, 3.05) is 26.1 Å². The molecule has 5 heteroatoms. The fourth-order valence-electron chi connectivity index (χ4n) is 1.67. The van der Waals surface area contributed by atoms with Gasteiger partial charge in [-0.25, -0.2) is 9.78 Å². The second-order valence-corrected chi connectivity index (χ2v) is 3.64. The van der Waals surface area contributed by atoms with Crippen molar-refractivity contribution in [1.82, 2.24) is 9.97 Å². The number of benzene rings is 1. The highest BCUT2D eigenvalue weighted by Crippen LogP contribution is 2.26. The second-order valence-electron chi connectivity index (χ2n) is 3.64. The summed E-state index contributed by atoms with van der Waals surface area (Å²) in [6.45, 7) is 0. The molecule has 1 N–H and O–H groups in total. The van der Waals surface area contributed by atoms with E-state index in [9.17, 15) is 4.79 Å². The van der Waals surface area contributed by atoms with Gasteiger partial charge >= 0.3 is 5.97 Å². The van der Waals surface area contributed by atoms with Crippen molar-refractivity contribution < 1.29 is 9.53 Å². The Morgan fingerprint density at radius 3 is 2.81 bits per heavy atom. The minimum absolute atomic E-state index is 0.374. The van der Waals surface area contributed by atoms with Crippen LogP contribution in [0.3, 0.4) is 0 Å². The molecule has 5 nitrogen and oxygen atoms in total. The molecule has 0 fully saturated rings. The fourth-order valence-corrected chi connectivity index (χ4v) is 1.67. The number of aromatic amines is 1. The molecule has 0 unspecified atom stereocenters. The normalized spacial score (nSPS) is 10.4. The third kappa shape index (κ3) is 1.50. The van der Waals surface area contributed by atoms with Crippen LogP contribution in [-0.2, 0) is 4.74 Å². The maximum atomic E-state index is 11.7. The lowest BCUT2D eigenvalue weighted by Gasteiger charge is -2.16. The largest absolute Gasteiger partial charge is 0.465 e. The number of rotatable bonds is 2. The highest BCUT2D eigenvalue weighted by molar-refractivity contribution is 6.07. The molecular weight excluding hydrogens is 206 g/mol. The van der Waals surface area contributed by atoms with Gasteiger partial charge in [0.05, 0.1) is 24.6 Å². The Morgan fingerprint density at radius 1 is 1.44 bits per heavy atom. The van der Waals surface area contributed by atoms with Crippen LogP contribution in [0.25, 0.3) is 11.0 Å². The molecule has 0 amide bonds. The number of hydrogen-bond acceptors (Lipinski definition) is 4. The molecule has 16 heavy (non-hydrogen) atoms. The van der Waals surface area contributed by atoms with Gasteiger partial charge in [0.15, 0.2) is 0 Å². The summed E-state index contributed by atoms with van der Waals surface area (Å²) in [4.78, 5) is 20.7. The van der Waals surface area contributed by atoms with Crippen molar-refractivity contribution in [2.24, 2.45) is 0 Å². The molecule has 1 aromatic carbocycles. The number of methoxy groups -OCH3 is 1. The van der Waals surface area contributed by atoms with E-state index in [4.69, 9.17) is 4.74 Å². The van der Waals surface area contributed by atoms with Gasteiger partial charge in [0.25, 0.3) is 0 Å². The summed E-state index contributed by atoms with van der Waals surface area (Å²) < 4.78 is 4.79. The average molecular weight is 219 g/mol. The predicted molar refractivity (Wildman–Crippen MR) is 61.8 cm³/mol. The van der Waals surface area contributed by atoms with Crippen LogP contribution in [0.15, 0.2) is 18.5 Å². The van der Waals surface area contributed by atoms with Crippen LogP contribution in [0.4, 0.5) is 5.69 Å². The number of esters is 1. The highest BCUT2D eigenvalue weighted by Gasteiger charge is 2.18. The molecule has 0 saturated heterocycles. The van der Waals surface area contributed by atoms with Gasteiger partial charge in [-0.1, -0.05) is 0 Å². The van der Waals surface area contributed by atoms with Crippen LogP contribution in [0.1, 0.15) is 10.4 Å². The van der Waals surface area contributed by atoms with Crippen molar-refractivity contribution in [3.63, 3.8) is 0 Å². The number of anilines is 1. The maximum absolute atomic E-state index is 11.7. The van der Waals surface area contributed by atoms with E-state index in [-0.39, 0.29) is 5.97 Å². The quantitative estimate of drug-likeness (QED) is 0.776. The van der Waals surface area contributed by atoms with Crippen molar-refractivity contribution in [2.45, 2.75) is 0 Å². The summed E-state index contributed by atoms with van der Waals surface area (Å²) in [5.74, 6) is -0.374. The summed E-state index contributed by atoms with van der Waals surface area (Å²) in [5, 5.41) is 0. The zero-order valence-electron chi connectivity index (χ0n) is 9.44. The Balaban J connectivity index is 2.75. The highest BCUT2D eigenvalue weighted by atomic mass is 16.5. The Kier molecular flexibility index (Phi) is 2.52. The number of ether oxygens (including phenoxy) is 1. The summed E-state index contributed by atoms with van der Waals surface area (Å²) >= 11 is 0. The first-order valence-electron chi connectivity index (χ1n) is 4.87. The van der Waals surface area contributed by atoms with Crippen molar-refractivity contribution in [3.05, 3.63) is 24.0 Å². The lowest BCUT2D eigenvalue weighted by Crippen LogP contribution is -2.15. The Morgan fingerprint density at radius 2 is 2.19 bits per heavy atom. The second kappa shape index (κ2) is 3.84.